The Morgan fingerprint density at radius 2 is 2.29 bits per heavy atom. The highest BCUT2D eigenvalue weighted by atomic mass is 16.5. The van der Waals surface area contributed by atoms with Gasteiger partial charge in [0.1, 0.15) is 0 Å². The van der Waals surface area contributed by atoms with Crippen LogP contribution in [0.2, 0.25) is 0 Å². The van der Waals surface area contributed by atoms with Crippen LogP contribution in [-0.2, 0) is 15.9 Å². The van der Waals surface area contributed by atoms with E-state index in [1.165, 1.54) is 11.1 Å². The van der Waals surface area contributed by atoms with E-state index < -0.39 is 0 Å². The molecule has 17 heavy (non-hydrogen) atoms. The van der Waals surface area contributed by atoms with Crippen molar-refractivity contribution in [1.82, 2.24) is 0 Å². The van der Waals surface area contributed by atoms with Crippen molar-refractivity contribution in [3.05, 3.63) is 35.4 Å². The van der Waals surface area contributed by atoms with Crippen LogP contribution >= 0.6 is 0 Å². The molecule has 3 heteroatoms. The van der Waals surface area contributed by atoms with Crippen molar-refractivity contribution >= 4 is 0 Å². The second-order valence-electron chi connectivity index (χ2n) is 4.54. The molecule has 1 heterocycles. The summed E-state index contributed by atoms with van der Waals surface area (Å²) in [6, 6.07) is 8.51. The van der Waals surface area contributed by atoms with Gasteiger partial charge in [-0.2, -0.15) is 0 Å². The number of nitrogens with two attached hydrogens (primary N) is 1. The Labute approximate surface area is 103 Å². The molecule has 1 aliphatic rings. The first-order valence-corrected chi connectivity index (χ1v) is 6.27. The Bertz CT molecular complexity index is 354. The van der Waals surface area contributed by atoms with E-state index in [0.717, 1.165) is 32.5 Å². The maximum Gasteiger partial charge on any atom is 0.0978 e. The van der Waals surface area contributed by atoms with Gasteiger partial charge >= 0.3 is 0 Å². The first-order chi connectivity index (χ1) is 8.33. The molecule has 1 aromatic rings. The van der Waals surface area contributed by atoms with Gasteiger partial charge in [0.15, 0.2) is 0 Å². The molecule has 1 aliphatic heterocycles. The normalized spacial score (nSPS) is 20.9. The van der Waals surface area contributed by atoms with Gasteiger partial charge in [0, 0.05) is 19.8 Å². The number of rotatable bonds is 5. The number of fused-ring (bicyclic) bond motifs is 1. The standard InChI is InChI=1S/C14H21NO2/c1-16-9-4-7-13(15)14-12-6-3-2-5-11(12)8-10-17-14/h2-3,5-6,13-14H,4,7-10,15H2,1H3. The molecule has 0 fully saturated rings. The third kappa shape index (κ3) is 3.06. The lowest BCUT2D eigenvalue weighted by molar-refractivity contribution is 0.0208. The van der Waals surface area contributed by atoms with Crippen LogP contribution in [0.25, 0.3) is 0 Å². The first kappa shape index (κ1) is 12.6. The number of hydrogen-bond acceptors (Lipinski definition) is 3. The van der Waals surface area contributed by atoms with Gasteiger partial charge in [0.2, 0.25) is 0 Å². The fourth-order valence-corrected chi connectivity index (χ4v) is 2.39. The van der Waals surface area contributed by atoms with Crippen LogP contribution < -0.4 is 5.73 Å². The van der Waals surface area contributed by atoms with Gasteiger partial charge in [-0.1, -0.05) is 24.3 Å². The molecule has 94 valence electrons. The zero-order chi connectivity index (χ0) is 12.1. The number of benzene rings is 1. The molecule has 3 nitrogen and oxygen atoms in total. The molecule has 2 N–H and O–H groups in total. The topological polar surface area (TPSA) is 44.5 Å². The molecule has 2 rings (SSSR count). The van der Waals surface area contributed by atoms with Crippen LogP contribution in [0.4, 0.5) is 0 Å². The van der Waals surface area contributed by atoms with Crippen molar-refractivity contribution in [2.75, 3.05) is 20.3 Å². The summed E-state index contributed by atoms with van der Waals surface area (Å²) in [4.78, 5) is 0. The molecular formula is C14H21NO2. The first-order valence-electron chi connectivity index (χ1n) is 6.27. The third-order valence-corrected chi connectivity index (χ3v) is 3.31. The SMILES string of the molecule is COCCCC(N)C1OCCc2ccccc21. The minimum absolute atomic E-state index is 0.0526. The highest BCUT2D eigenvalue weighted by molar-refractivity contribution is 5.31. The van der Waals surface area contributed by atoms with Crippen LogP contribution in [0.5, 0.6) is 0 Å². The molecule has 0 amide bonds. The minimum atomic E-state index is 0.0526. The van der Waals surface area contributed by atoms with Crippen molar-refractivity contribution in [1.29, 1.82) is 0 Å². The molecule has 0 saturated heterocycles. The Hall–Kier alpha value is -0.900. The highest BCUT2D eigenvalue weighted by Gasteiger charge is 2.25. The Kier molecular flexibility index (Phi) is 4.54. The average molecular weight is 235 g/mol. The van der Waals surface area contributed by atoms with Gasteiger partial charge in [0.25, 0.3) is 0 Å². The quantitative estimate of drug-likeness (QED) is 0.794. The molecule has 0 saturated carbocycles. The second-order valence-corrected chi connectivity index (χ2v) is 4.54. The lowest BCUT2D eigenvalue weighted by atomic mass is 9.92. The van der Waals surface area contributed by atoms with Gasteiger partial charge in [-0.05, 0) is 30.4 Å². The van der Waals surface area contributed by atoms with E-state index in [4.69, 9.17) is 15.2 Å². The predicted octanol–water partition coefficient (Wildman–Crippen LogP) is 2.05. The monoisotopic (exact) mass is 235 g/mol. The van der Waals surface area contributed by atoms with E-state index in [9.17, 15) is 0 Å². The molecule has 2 atom stereocenters. The molecular weight excluding hydrogens is 214 g/mol. The summed E-state index contributed by atoms with van der Waals surface area (Å²) in [6.45, 7) is 1.54. The van der Waals surface area contributed by atoms with Crippen molar-refractivity contribution in [3.8, 4) is 0 Å². The maximum absolute atomic E-state index is 6.22. The van der Waals surface area contributed by atoms with Gasteiger partial charge in [-0.25, -0.2) is 0 Å². The average Bonchev–Trinajstić information content (AvgIpc) is 2.38. The van der Waals surface area contributed by atoms with E-state index >= 15 is 0 Å². The summed E-state index contributed by atoms with van der Waals surface area (Å²) in [5.74, 6) is 0. The van der Waals surface area contributed by atoms with E-state index in [2.05, 4.69) is 24.3 Å². The number of ether oxygens (including phenoxy) is 2. The molecule has 0 aromatic heterocycles. The van der Waals surface area contributed by atoms with Gasteiger partial charge in [0.05, 0.1) is 12.7 Å². The summed E-state index contributed by atoms with van der Waals surface area (Å²) < 4.78 is 10.9. The smallest absolute Gasteiger partial charge is 0.0978 e. The fourth-order valence-electron chi connectivity index (χ4n) is 2.39. The van der Waals surface area contributed by atoms with Crippen LogP contribution in [0.1, 0.15) is 30.1 Å². The van der Waals surface area contributed by atoms with Crippen LogP contribution in [0.15, 0.2) is 24.3 Å². The molecule has 0 aliphatic carbocycles. The molecule has 0 bridgehead atoms. The summed E-state index contributed by atoms with van der Waals surface area (Å²) in [7, 11) is 1.72. The van der Waals surface area contributed by atoms with E-state index in [1.807, 2.05) is 0 Å². The van der Waals surface area contributed by atoms with Crippen molar-refractivity contribution < 1.29 is 9.47 Å². The largest absolute Gasteiger partial charge is 0.385 e. The van der Waals surface area contributed by atoms with E-state index in [1.54, 1.807) is 7.11 Å². The van der Waals surface area contributed by atoms with Crippen LogP contribution in [0, 0.1) is 0 Å². The summed E-state index contributed by atoms with van der Waals surface area (Å²) >= 11 is 0. The zero-order valence-corrected chi connectivity index (χ0v) is 10.4. The lowest BCUT2D eigenvalue weighted by Gasteiger charge is -2.30. The second kappa shape index (κ2) is 6.15. The molecule has 2 unspecified atom stereocenters. The van der Waals surface area contributed by atoms with Crippen molar-refractivity contribution in [2.24, 2.45) is 5.73 Å². The molecule has 0 spiro atoms. The van der Waals surface area contributed by atoms with Gasteiger partial charge in [-0.15, -0.1) is 0 Å². The minimum Gasteiger partial charge on any atom is -0.385 e. The number of methoxy groups -OCH3 is 1. The summed E-state index contributed by atoms with van der Waals surface area (Å²) in [5.41, 5.74) is 8.87. The van der Waals surface area contributed by atoms with Crippen LogP contribution in [-0.4, -0.2) is 26.4 Å². The molecule has 1 aromatic carbocycles. The Balaban J connectivity index is 2.02. The van der Waals surface area contributed by atoms with Gasteiger partial charge in [-0.3, -0.25) is 0 Å². The molecule has 0 radical (unpaired) electrons. The summed E-state index contributed by atoms with van der Waals surface area (Å²) in [5, 5.41) is 0. The zero-order valence-electron chi connectivity index (χ0n) is 10.4. The predicted molar refractivity (Wildman–Crippen MR) is 67.9 cm³/mol. The number of hydrogen-bond donors (Lipinski definition) is 1. The van der Waals surface area contributed by atoms with E-state index in [0.29, 0.717) is 0 Å². The van der Waals surface area contributed by atoms with Crippen molar-refractivity contribution in [3.63, 3.8) is 0 Å². The van der Waals surface area contributed by atoms with E-state index in [-0.39, 0.29) is 12.1 Å². The fraction of sp³-hybridized carbons (Fsp3) is 0.571. The van der Waals surface area contributed by atoms with Crippen molar-refractivity contribution in [2.45, 2.75) is 31.4 Å². The van der Waals surface area contributed by atoms with Gasteiger partial charge < -0.3 is 15.2 Å². The lowest BCUT2D eigenvalue weighted by Crippen LogP contribution is -2.33. The third-order valence-electron chi connectivity index (χ3n) is 3.31. The Morgan fingerprint density at radius 1 is 1.47 bits per heavy atom. The highest BCUT2D eigenvalue weighted by Crippen LogP contribution is 2.30. The van der Waals surface area contributed by atoms with Crippen LogP contribution in [0.3, 0.4) is 0 Å². The Morgan fingerprint density at radius 3 is 3.12 bits per heavy atom. The maximum atomic E-state index is 6.22. The summed E-state index contributed by atoms with van der Waals surface area (Å²) in [6.07, 6.45) is 2.97.